The molecule has 0 aromatic heterocycles. The van der Waals surface area contributed by atoms with Gasteiger partial charge in [-0.25, -0.2) is 0 Å². The SMILES string of the molecule is COc1ccc(C/C=C(/C)CCCO)cc1. The zero-order valence-electron chi connectivity index (χ0n) is 10.1. The summed E-state index contributed by atoms with van der Waals surface area (Å²) in [5.74, 6) is 0.893. The van der Waals surface area contributed by atoms with Crippen molar-refractivity contribution in [3.05, 3.63) is 41.5 Å². The molecule has 1 N–H and O–H groups in total. The molecule has 0 spiro atoms. The Morgan fingerprint density at radius 1 is 1.31 bits per heavy atom. The number of methoxy groups -OCH3 is 1. The standard InChI is InChI=1S/C14H20O2/c1-12(4-3-11-15)5-6-13-7-9-14(16-2)10-8-13/h5,7-10,15H,3-4,6,11H2,1-2H3/b12-5-. The first-order valence-corrected chi connectivity index (χ1v) is 5.65. The molecule has 0 bridgehead atoms. The Bertz CT molecular complexity index is 325. The molecular weight excluding hydrogens is 200 g/mol. The van der Waals surface area contributed by atoms with Gasteiger partial charge in [0.2, 0.25) is 0 Å². The molecule has 0 saturated carbocycles. The van der Waals surface area contributed by atoms with Crippen LogP contribution in [0.1, 0.15) is 25.3 Å². The molecular formula is C14H20O2. The summed E-state index contributed by atoms with van der Waals surface area (Å²) in [5, 5.41) is 8.72. The van der Waals surface area contributed by atoms with Gasteiger partial charge < -0.3 is 9.84 Å². The number of ether oxygens (including phenoxy) is 1. The number of rotatable bonds is 6. The zero-order chi connectivity index (χ0) is 11.8. The van der Waals surface area contributed by atoms with Crippen LogP contribution in [0.4, 0.5) is 0 Å². The van der Waals surface area contributed by atoms with Crippen molar-refractivity contribution in [2.75, 3.05) is 13.7 Å². The lowest BCUT2D eigenvalue weighted by molar-refractivity contribution is 0.288. The highest BCUT2D eigenvalue weighted by molar-refractivity contribution is 5.28. The van der Waals surface area contributed by atoms with Gasteiger partial charge in [-0.05, 0) is 43.9 Å². The van der Waals surface area contributed by atoms with Crippen LogP contribution in [0.3, 0.4) is 0 Å². The molecule has 0 aliphatic rings. The van der Waals surface area contributed by atoms with Gasteiger partial charge in [-0.3, -0.25) is 0 Å². The highest BCUT2D eigenvalue weighted by atomic mass is 16.5. The monoisotopic (exact) mass is 220 g/mol. The lowest BCUT2D eigenvalue weighted by Crippen LogP contribution is -1.87. The molecule has 16 heavy (non-hydrogen) atoms. The van der Waals surface area contributed by atoms with Gasteiger partial charge in [-0.15, -0.1) is 0 Å². The second-order valence-electron chi connectivity index (χ2n) is 3.93. The van der Waals surface area contributed by atoms with Crippen LogP contribution in [0.5, 0.6) is 5.75 Å². The predicted octanol–water partition coefficient (Wildman–Crippen LogP) is 2.96. The van der Waals surface area contributed by atoms with Crippen LogP contribution in [0.2, 0.25) is 0 Å². The smallest absolute Gasteiger partial charge is 0.118 e. The topological polar surface area (TPSA) is 29.5 Å². The van der Waals surface area contributed by atoms with Crippen molar-refractivity contribution >= 4 is 0 Å². The summed E-state index contributed by atoms with van der Waals surface area (Å²) in [6, 6.07) is 8.11. The predicted molar refractivity (Wildman–Crippen MR) is 66.8 cm³/mol. The Morgan fingerprint density at radius 3 is 2.56 bits per heavy atom. The average molecular weight is 220 g/mol. The Kier molecular flexibility index (Phi) is 5.65. The molecule has 0 radical (unpaired) electrons. The van der Waals surface area contributed by atoms with Crippen molar-refractivity contribution in [2.45, 2.75) is 26.2 Å². The lowest BCUT2D eigenvalue weighted by Gasteiger charge is -2.02. The van der Waals surface area contributed by atoms with E-state index in [1.54, 1.807) is 7.11 Å². The van der Waals surface area contributed by atoms with Crippen molar-refractivity contribution in [3.8, 4) is 5.75 Å². The van der Waals surface area contributed by atoms with Crippen molar-refractivity contribution in [2.24, 2.45) is 0 Å². The minimum atomic E-state index is 0.272. The summed E-state index contributed by atoms with van der Waals surface area (Å²) in [6.07, 6.45) is 5.00. The first-order valence-electron chi connectivity index (χ1n) is 5.65. The maximum absolute atomic E-state index is 8.72. The second kappa shape index (κ2) is 7.07. The molecule has 2 nitrogen and oxygen atoms in total. The normalized spacial score (nSPS) is 11.6. The molecule has 0 heterocycles. The quantitative estimate of drug-likeness (QED) is 0.747. The van der Waals surface area contributed by atoms with E-state index < -0.39 is 0 Å². The maximum Gasteiger partial charge on any atom is 0.118 e. The number of allylic oxidation sites excluding steroid dienone is 2. The third kappa shape index (κ3) is 4.49. The molecule has 1 aromatic rings. The molecule has 2 heteroatoms. The molecule has 0 aliphatic heterocycles. The van der Waals surface area contributed by atoms with Gasteiger partial charge in [0.05, 0.1) is 7.11 Å². The fourth-order valence-electron chi connectivity index (χ4n) is 1.51. The van der Waals surface area contributed by atoms with Gasteiger partial charge in [0, 0.05) is 6.61 Å². The third-order valence-corrected chi connectivity index (χ3v) is 2.57. The first kappa shape index (κ1) is 12.8. The van der Waals surface area contributed by atoms with Gasteiger partial charge in [0.15, 0.2) is 0 Å². The molecule has 1 aromatic carbocycles. The highest BCUT2D eigenvalue weighted by Gasteiger charge is 1.94. The second-order valence-corrected chi connectivity index (χ2v) is 3.93. The molecule has 0 unspecified atom stereocenters. The summed E-state index contributed by atoms with van der Waals surface area (Å²) >= 11 is 0. The molecule has 0 atom stereocenters. The summed E-state index contributed by atoms with van der Waals surface area (Å²) in [4.78, 5) is 0. The molecule has 0 amide bonds. The summed E-state index contributed by atoms with van der Waals surface area (Å²) in [5.41, 5.74) is 2.62. The van der Waals surface area contributed by atoms with E-state index in [1.807, 2.05) is 12.1 Å². The minimum absolute atomic E-state index is 0.272. The molecule has 0 saturated heterocycles. The average Bonchev–Trinajstić information content (AvgIpc) is 2.34. The van der Waals surface area contributed by atoms with E-state index >= 15 is 0 Å². The van der Waals surface area contributed by atoms with E-state index in [-0.39, 0.29) is 6.61 Å². The summed E-state index contributed by atoms with van der Waals surface area (Å²) < 4.78 is 5.10. The zero-order valence-corrected chi connectivity index (χ0v) is 10.1. The van der Waals surface area contributed by atoms with Crippen LogP contribution in [-0.2, 0) is 6.42 Å². The molecule has 0 fully saturated rings. The Hall–Kier alpha value is -1.28. The Balaban J connectivity index is 2.46. The van der Waals surface area contributed by atoms with Gasteiger partial charge in [-0.2, -0.15) is 0 Å². The first-order chi connectivity index (χ1) is 7.76. The van der Waals surface area contributed by atoms with E-state index in [1.165, 1.54) is 11.1 Å². The van der Waals surface area contributed by atoms with Gasteiger partial charge in [-0.1, -0.05) is 23.8 Å². The lowest BCUT2D eigenvalue weighted by atomic mass is 10.1. The Morgan fingerprint density at radius 2 is 2.00 bits per heavy atom. The largest absolute Gasteiger partial charge is 0.497 e. The van der Waals surface area contributed by atoms with Gasteiger partial charge in [0.1, 0.15) is 5.75 Å². The fraction of sp³-hybridized carbons (Fsp3) is 0.429. The maximum atomic E-state index is 8.72. The van der Waals surface area contributed by atoms with E-state index in [9.17, 15) is 0 Å². The van der Waals surface area contributed by atoms with Crippen LogP contribution in [-0.4, -0.2) is 18.8 Å². The van der Waals surface area contributed by atoms with Crippen molar-refractivity contribution < 1.29 is 9.84 Å². The van der Waals surface area contributed by atoms with Crippen LogP contribution >= 0.6 is 0 Å². The molecule has 0 aliphatic carbocycles. The van der Waals surface area contributed by atoms with E-state index in [0.29, 0.717) is 0 Å². The number of benzene rings is 1. The summed E-state index contributed by atoms with van der Waals surface area (Å²) in [7, 11) is 1.67. The van der Waals surface area contributed by atoms with E-state index in [4.69, 9.17) is 9.84 Å². The van der Waals surface area contributed by atoms with Gasteiger partial charge >= 0.3 is 0 Å². The van der Waals surface area contributed by atoms with Crippen LogP contribution in [0.15, 0.2) is 35.9 Å². The van der Waals surface area contributed by atoms with Crippen LogP contribution in [0.25, 0.3) is 0 Å². The highest BCUT2D eigenvalue weighted by Crippen LogP contribution is 2.13. The molecule has 1 rings (SSSR count). The minimum Gasteiger partial charge on any atom is -0.497 e. The number of hydrogen-bond acceptors (Lipinski definition) is 2. The number of aliphatic hydroxyl groups excluding tert-OH is 1. The fourth-order valence-corrected chi connectivity index (χ4v) is 1.51. The molecule has 88 valence electrons. The van der Waals surface area contributed by atoms with Crippen molar-refractivity contribution in [1.82, 2.24) is 0 Å². The van der Waals surface area contributed by atoms with Gasteiger partial charge in [0.25, 0.3) is 0 Å². The van der Waals surface area contributed by atoms with E-state index in [2.05, 4.69) is 25.1 Å². The number of hydrogen-bond donors (Lipinski definition) is 1. The van der Waals surface area contributed by atoms with Crippen molar-refractivity contribution in [1.29, 1.82) is 0 Å². The van der Waals surface area contributed by atoms with E-state index in [0.717, 1.165) is 25.0 Å². The van der Waals surface area contributed by atoms with Crippen LogP contribution < -0.4 is 4.74 Å². The van der Waals surface area contributed by atoms with Crippen LogP contribution in [0, 0.1) is 0 Å². The third-order valence-electron chi connectivity index (χ3n) is 2.57. The van der Waals surface area contributed by atoms with Crippen molar-refractivity contribution in [3.63, 3.8) is 0 Å². The Labute approximate surface area is 97.6 Å². The number of aliphatic hydroxyl groups is 1. The summed E-state index contributed by atoms with van der Waals surface area (Å²) in [6.45, 7) is 2.38.